The molecular formula is C10H20N2O2. The third-order valence-electron chi connectivity index (χ3n) is 3.21. The Bertz CT molecular complexity index is 235. The highest BCUT2D eigenvalue weighted by atomic mass is 16.6. The van der Waals surface area contributed by atoms with Crippen molar-refractivity contribution in [1.29, 1.82) is 0 Å². The minimum atomic E-state index is -0.725. The molecule has 0 aliphatic heterocycles. The predicted octanol–water partition coefficient (Wildman–Crippen LogP) is 1.38. The lowest BCUT2D eigenvalue weighted by Gasteiger charge is -2.43. The largest absolute Gasteiger partial charge is 0.441 e. The molecule has 1 saturated carbocycles. The summed E-state index contributed by atoms with van der Waals surface area (Å²) in [5.41, 5.74) is 10.4. The Morgan fingerprint density at radius 1 is 1.50 bits per heavy atom. The normalized spacial score (nSPS) is 33.0. The van der Waals surface area contributed by atoms with E-state index in [4.69, 9.17) is 16.2 Å². The van der Waals surface area contributed by atoms with Crippen LogP contribution in [0, 0.1) is 5.41 Å². The summed E-state index contributed by atoms with van der Waals surface area (Å²) in [6.45, 7) is 6.09. The van der Waals surface area contributed by atoms with Crippen LogP contribution < -0.4 is 11.5 Å². The second-order valence-electron chi connectivity index (χ2n) is 5.06. The van der Waals surface area contributed by atoms with Crippen LogP contribution in [0.5, 0.6) is 0 Å². The van der Waals surface area contributed by atoms with E-state index in [1.807, 2.05) is 20.8 Å². The maximum atomic E-state index is 10.9. The zero-order valence-corrected chi connectivity index (χ0v) is 9.17. The van der Waals surface area contributed by atoms with Crippen molar-refractivity contribution in [3.8, 4) is 0 Å². The lowest BCUT2D eigenvalue weighted by molar-refractivity contribution is -0.0701. The second-order valence-corrected chi connectivity index (χ2v) is 5.06. The molecule has 0 heterocycles. The Morgan fingerprint density at radius 2 is 2.07 bits per heavy atom. The van der Waals surface area contributed by atoms with Gasteiger partial charge < -0.3 is 16.2 Å². The van der Waals surface area contributed by atoms with Crippen molar-refractivity contribution >= 4 is 6.09 Å². The molecule has 1 rings (SSSR count). The Morgan fingerprint density at radius 3 is 2.36 bits per heavy atom. The number of hydrogen-bond acceptors (Lipinski definition) is 3. The Kier molecular flexibility index (Phi) is 2.76. The number of carbonyl (C=O) groups is 1. The lowest BCUT2D eigenvalue weighted by Crippen LogP contribution is -2.56. The van der Waals surface area contributed by atoms with Crippen LogP contribution in [-0.2, 0) is 4.74 Å². The summed E-state index contributed by atoms with van der Waals surface area (Å²) in [4.78, 5) is 10.9. The van der Waals surface area contributed by atoms with Gasteiger partial charge in [0, 0.05) is 11.5 Å². The summed E-state index contributed by atoms with van der Waals surface area (Å²) in [6, 6.07) is -0.102. The van der Waals surface area contributed by atoms with Crippen LogP contribution in [0.2, 0.25) is 0 Å². The molecule has 1 fully saturated rings. The van der Waals surface area contributed by atoms with Gasteiger partial charge in [0.05, 0.1) is 0 Å². The third-order valence-corrected chi connectivity index (χ3v) is 3.21. The van der Waals surface area contributed by atoms with Gasteiger partial charge in [0.25, 0.3) is 0 Å². The molecule has 0 spiro atoms. The van der Waals surface area contributed by atoms with Crippen LogP contribution in [0.1, 0.15) is 40.0 Å². The van der Waals surface area contributed by atoms with Gasteiger partial charge in [0.1, 0.15) is 5.60 Å². The standard InChI is InChI=1S/C10H20N2O2/c1-9(2,3)10(14-8(12)13)6-4-5-7(10)11/h7H,4-6,11H2,1-3H3,(H2,12,13)/t7-,10-/m0/s1. The van der Waals surface area contributed by atoms with Gasteiger partial charge >= 0.3 is 6.09 Å². The summed E-state index contributed by atoms with van der Waals surface area (Å²) in [5, 5.41) is 0. The topological polar surface area (TPSA) is 78.3 Å². The Balaban J connectivity index is 2.96. The molecule has 1 aliphatic carbocycles. The predicted molar refractivity (Wildman–Crippen MR) is 54.7 cm³/mol. The van der Waals surface area contributed by atoms with Crippen LogP contribution in [0.4, 0.5) is 4.79 Å². The summed E-state index contributed by atoms with van der Waals surface area (Å²) < 4.78 is 5.29. The van der Waals surface area contributed by atoms with Crippen LogP contribution in [-0.4, -0.2) is 17.7 Å². The molecule has 0 saturated heterocycles. The minimum Gasteiger partial charge on any atom is -0.441 e. The highest BCUT2D eigenvalue weighted by molar-refractivity contribution is 5.65. The fourth-order valence-electron chi connectivity index (χ4n) is 2.39. The van der Waals surface area contributed by atoms with Gasteiger partial charge in [-0.1, -0.05) is 20.8 Å². The van der Waals surface area contributed by atoms with Crippen molar-refractivity contribution in [3.05, 3.63) is 0 Å². The molecule has 0 aromatic rings. The molecule has 82 valence electrons. The molecule has 2 atom stereocenters. The van der Waals surface area contributed by atoms with Crippen molar-refractivity contribution in [2.24, 2.45) is 16.9 Å². The minimum absolute atomic E-state index is 0.102. The number of nitrogens with two attached hydrogens (primary N) is 2. The molecule has 0 aromatic heterocycles. The molecule has 0 radical (unpaired) electrons. The first-order valence-corrected chi connectivity index (χ1v) is 5.03. The van der Waals surface area contributed by atoms with E-state index >= 15 is 0 Å². The average molecular weight is 200 g/mol. The first-order chi connectivity index (χ1) is 6.29. The molecular weight excluding hydrogens is 180 g/mol. The van der Waals surface area contributed by atoms with E-state index in [9.17, 15) is 4.79 Å². The molecule has 4 heteroatoms. The summed E-state index contributed by atoms with van der Waals surface area (Å²) in [7, 11) is 0. The van der Waals surface area contributed by atoms with Gasteiger partial charge in [0.15, 0.2) is 0 Å². The van der Waals surface area contributed by atoms with Crippen LogP contribution in [0.3, 0.4) is 0 Å². The van der Waals surface area contributed by atoms with Crippen molar-refractivity contribution in [3.63, 3.8) is 0 Å². The van der Waals surface area contributed by atoms with Crippen molar-refractivity contribution < 1.29 is 9.53 Å². The molecule has 0 aromatic carbocycles. The maximum absolute atomic E-state index is 10.9. The van der Waals surface area contributed by atoms with E-state index in [0.717, 1.165) is 19.3 Å². The molecule has 4 N–H and O–H groups in total. The van der Waals surface area contributed by atoms with Gasteiger partial charge in [-0.3, -0.25) is 0 Å². The summed E-state index contributed by atoms with van der Waals surface area (Å²) in [5.74, 6) is 0. The highest BCUT2D eigenvalue weighted by Crippen LogP contribution is 2.45. The molecule has 1 amide bonds. The number of ether oxygens (including phenoxy) is 1. The average Bonchev–Trinajstić information content (AvgIpc) is 2.30. The van der Waals surface area contributed by atoms with Gasteiger partial charge in [-0.25, -0.2) is 4.79 Å². The molecule has 4 nitrogen and oxygen atoms in total. The van der Waals surface area contributed by atoms with E-state index in [-0.39, 0.29) is 11.5 Å². The lowest BCUT2D eigenvalue weighted by atomic mass is 9.73. The first kappa shape index (κ1) is 11.3. The number of hydrogen-bond donors (Lipinski definition) is 2. The van der Waals surface area contributed by atoms with Crippen molar-refractivity contribution in [2.75, 3.05) is 0 Å². The SMILES string of the molecule is CC(C)(C)[C@]1(OC(N)=O)CCC[C@@H]1N. The molecule has 14 heavy (non-hydrogen) atoms. The van der Waals surface area contributed by atoms with Crippen LogP contribution in [0.15, 0.2) is 0 Å². The van der Waals surface area contributed by atoms with Gasteiger partial charge in [-0.15, -0.1) is 0 Å². The summed E-state index contributed by atoms with van der Waals surface area (Å²) in [6.07, 6.45) is 1.97. The zero-order chi connectivity index (χ0) is 11.0. The molecule has 0 bridgehead atoms. The van der Waals surface area contributed by atoms with E-state index in [1.54, 1.807) is 0 Å². The second kappa shape index (κ2) is 3.42. The van der Waals surface area contributed by atoms with Crippen molar-refractivity contribution in [2.45, 2.75) is 51.7 Å². The number of amides is 1. The number of rotatable bonds is 1. The molecule has 0 unspecified atom stereocenters. The van der Waals surface area contributed by atoms with Gasteiger partial charge in [0.2, 0.25) is 0 Å². The fourth-order valence-corrected chi connectivity index (χ4v) is 2.39. The monoisotopic (exact) mass is 200 g/mol. The van der Waals surface area contributed by atoms with Crippen LogP contribution >= 0.6 is 0 Å². The maximum Gasteiger partial charge on any atom is 0.405 e. The number of primary amides is 1. The quantitative estimate of drug-likeness (QED) is 0.671. The van der Waals surface area contributed by atoms with Gasteiger partial charge in [-0.2, -0.15) is 0 Å². The van der Waals surface area contributed by atoms with Crippen LogP contribution in [0.25, 0.3) is 0 Å². The van der Waals surface area contributed by atoms with E-state index in [1.165, 1.54) is 0 Å². The molecule has 1 aliphatic rings. The first-order valence-electron chi connectivity index (χ1n) is 5.03. The smallest absolute Gasteiger partial charge is 0.405 e. The zero-order valence-electron chi connectivity index (χ0n) is 9.17. The Labute approximate surface area is 85.0 Å². The summed E-state index contributed by atoms with van der Waals surface area (Å²) >= 11 is 0. The highest BCUT2D eigenvalue weighted by Gasteiger charge is 2.52. The van der Waals surface area contributed by atoms with Crippen molar-refractivity contribution in [1.82, 2.24) is 0 Å². The fraction of sp³-hybridized carbons (Fsp3) is 0.900. The van der Waals surface area contributed by atoms with Gasteiger partial charge in [-0.05, 0) is 19.3 Å². The van der Waals surface area contributed by atoms with E-state index < -0.39 is 11.7 Å². The third kappa shape index (κ3) is 1.71. The van der Waals surface area contributed by atoms with E-state index in [2.05, 4.69) is 0 Å². The van der Waals surface area contributed by atoms with E-state index in [0.29, 0.717) is 0 Å². The Hall–Kier alpha value is -0.770. The number of carbonyl (C=O) groups excluding carboxylic acids is 1.